The number of aryl methyl sites for hydroxylation is 1. The van der Waals surface area contributed by atoms with E-state index >= 15 is 0 Å². The SMILES string of the molecule is Cc1ccc(S(=O)(=O)N2CC(C[Si](c3ccccc3)(c3ccccc3)C(C)(C)C)N=C2CBr)cc1. The third kappa shape index (κ3) is 4.91. The van der Waals surface area contributed by atoms with Gasteiger partial charge in [0.1, 0.15) is 13.9 Å². The van der Waals surface area contributed by atoms with Crippen molar-refractivity contribution in [2.24, 2.45) is 4.99 Å². The fraction of sp³-hybridized carbons (Fsp3) is 0.321. The Kier molecular flexibility index (Phi) is 7.41. The lowest BCUT2D eigenvalue weighted by atomic mass is 10.2. The van der Waals surface area contributed by atoms with Crippen molar-refractivity contribution >= 4 is 50.2 Å². The van der Waals surface area contributed by atoms with Crippen molar-refractivity contribution < 1.29 is 8.42 Å². The molecule has 184 valence electrons. The third-order valence-electron chi connectivity index (χ3n) is 7.08. The van der Waals surface area contributed by atoms with Gasteiger partial charge in [0.05, 0.1) is 22.8 Å². The number of hydrogen-bond donors (Lipinski definition) is 0. The second-order valence-corrected chi connectivity index (χ2v) is 17.6. The molecule has 35 heavy (non-hydrogen) atoms. The highest BCUT2D eigenvalue weighted by Gasteiger charge is 2.50. The van der Waals surface area contributed by atoms with Crippen molar-refractivity contribution in [3.05, 3.63) is 90.5 Å². The molecule has 0 spiro atoms. The lowest BCUT2D eigenvalue weighted by Crippen LogP contribution is -2.65. The van der Waals surface area contributed by atoms with Gasteiger partial charge in [0, 0.05) is 0 Å². The number of hydrogen-bond acceptors (Lipinski definition) is 3. The molecule has 0 aromatic heterocycles. The van der Waals surface area contributed by atoms with Gasteiger partial charge in [-0.15, -0.1) is 0 Å². The van der Waals surface area contributed by atoms with Crippen LogP contribution in [0.5, 0.6) is 0 Å². The molecular formula is C28H33BrN2O2SSi. The van der Waals surface area contributed by atoms with E-state index in [1.54, 1.807) is 12.1 Å². The zero-order chi connectivity index (χ0) is 25.3. The maximum atomic E-state index is 13.6. The van der Waals surface area contributed by atoms with Crippen LogP contribution in [0.15, 0.2) is 94.8 Å². The van der Waals surface area contributed by atoms with Gasteiger partial charge < -0.3 is 0 Å². The molecule has 3 aromatic carbocycles. The first-order valence-corrected chi connectivity index (χ1v) is 16.7. The first-order chi connectivity index (χ1) is 16.6. The highest BCUT2D eigenvalue weighted by atomic mass is 79.9. The Labute approximate surface area is 219 Å². The molecule has 0 radical (unpaired) electrons. The summed E-state index contributed by atoms with van der Waals surface area (Å²) < 4.78 is 28.7. The van der Waals surface area contributed by atoms with E-state index in [0.29, 0.717) is 22.6 Å². The van der Waals surface area contributed by atoms with E-state index in [4.69, 9.17) is 4.99 Å². The molecule has 4 nitrogen and oxygen atoms in total. The fourth-order valence-corrected chi connectivity index (χ4v) is 13.0. The predicted molar refractivity (Wildman–Crippen MR) is 153 cm³/mol. The highest BCUT2D eigenvalue weighted by molar-refractivity contribution is 9.09. The van der Waals surface area contributed by atoms with E-state index in [1.807, 2.05) is 19.1 Å². The van der Waals surface area contributed by atoms with E-state index in [0.717, 1.165) is 11.6 Å². The van der Waals surface area contributed by atoms with Gasteiger partial charge >= 0.3 is 0 Å². The van der Waals surface area contributed by atoms with Gasteiger partial charge in [-0.05, 0) is 30.1 Å². The molecule has 1 atom stereocenters. The largest absolute Gasteiger partial charge is 0.266 e. The maximum Gasteiger partial charge on any atom is 0.265 e. The van der Waals surface area contributed by atoms with Crippen LogP contribution < -0.4 is 10.4 Å². The van der Waals surface area contributed by atoms with Crippen LogP contribution in [0.25, 0.3) is 0 Å². The van der Waals surface area contributed by atoms with Gasteiger partial charge in [0.2, 0.25) is 0 Å². The summed E-state index contributed by atoms with van der Waals surface area (Å²) in [5, 5.41) is 3.10. The minimum Gasteiger partial charge on any atom is -0.266 e. The summed E-state index contributed by atoms with van der Waals surface area (Å²) in [5.74, 6) is 0.577. The summed E-state index contributed by atoms with van der Waals surface area (Å²) >= 11 is 3.50. The van der Waals surface area contributed by atoms with E-state index in [2.05, 4.69) is 97.4 Å². The maximum absolute atomic E-state index is 13.6. The first-order valence-electron chi connectivity index (χ1n) is 11.9. The highest BCUT2D eigenvalue weighted by Crippen LogP contribution is 2.41. The van der Waals surface area contributed by atoms with Crippen LogP contribution in [0.2, 0.25) is 11.1 Å². The summed E-state index contributed by atoms with van der Waals surface area (Å²) in [6.07, 6.45) is 0. The molecule has 1 aliphatic rings. The zero-order valence-electron chi connectivity index (χ0n) is 20.8. The molecule has 0 fully saturated rings. The van der Waals surface area contributed by atoms with E-state index in [-0.39, 0.29) is 11.1 Å². The van der Waals surface area contributed by atoms with Crippen LogP contribution in [0, 0.1) is 6.92 Å². The van der Waals surface area contributed by atoms with Gasteiger partial charge in [0.15, 0.2) is 0 Å². The average molecular weight is 570 g/mol. The number of alkyl halides is 1. The van der Waals surface area contributed by atoms with E-state index < -0.39 is 18.1 Å². The van der Waals surface area contributed by atoms with Crippen LogP contribution in [-0.4, -0.2) is 44.5 Å². The molecule has 1 aliphatic heterocycles. The van der Waals surface area contributed by atoms with Crippen molar-refractivity contribution in [1.82, 2.24) is 4.31 Å². The molecule has 7 heteroatoms. The van der Waals surface area contributed by atoms with Gasteiger partial charge in [-0.1, -0.05) is 125 Å². The van der Waals surface area contributed by atoms with Crippen LogP contribution in [-0.2, 0) is 10.0 Å². The van der Waals surface area contributed by atoms with Crippen LogP contribution in [0.1, 0.15) is 26.3 Å². The smallest absolute Gasteiger partial charge is 0.265 e. The number of rotatable bonds is 7. The predicted octanol–water partition coefficient (Wildman–Crippen LogP) is 5.22. The average Bonchev–Trinajstić information content (AvgIpc) is 3.27. The summed E-state index contributed by atoms with van der Waals surface area (Å²) in [6.45, 7) is 9.29. The standard InChI is InChI=1S/C28H33BrN2O2SSi/c1-22-15-17-24(18-16-22)34(32,33)31-20-23(30-27(31)19-29)21-35(28(2,3)4,25-11-7-5-8-12-25)26-13-9-6-10-14-26/h5-18,23H,19-21H2,1-4H3. The minimum absolute atomic E-state index is 0.0109. The second kappa shape index (κ2) is 10.0. The minimum atomic E-state index is -3.68. The van der Waals surface area contributed by atoms with E-state index in [1.165, 1.54) is 14.7 Å². The molecule has 0 N–H and O–H groups in total. The second-order valence-electron chi connectivity index (χ2n) is 10.3. The number of nitrogens with zero attached hydrogens (tertiary/aromatic N) is 2. The lowest BCUT2D eigenvalue weighted by molar-refractivity contribution is 0.520. The number of sulfonamides is 1. The molecule has 1 unspecified atom stereocenters. The first kappa shape index (κ1) is 25.9. The Morgan fingerprint density at radius 2 is 1.43 bits per heavy atom. The Balaban J connectivity index is 1.77. The molecule has 0 saturated heterocycles. The molecular weight excluding hydrogens is 536 g/mol. The number of benzene rings is 3. The Morgan fingerprint density at radius 3 is 1.89 bits per heavy atom. The lowest BCUT2D eigenvalue weighted by Gasteiger charge is -2.45. The van der Waals surface area contributed by atoms with Crippen molar-refractivity contribution in [1.29, 1.82) is 0 Å². The van der Waals surface area contributed by atoms with Crippen molar-refractivity contribution in [2.75, 3.05) is 11.9 Å². The molecule has 3 aromatic rings. The fourth-order valence-electron chi connectivity index (χ4n) is 5.27. The van der Waals surface area contributed by atoms with Crippen molar-refractivity contribution in [3.8, 4) is 0 Å². The third-order valence-corrected chi connectivity index (χ3v) is 15.7. The quantitative estimate of drug-likeness (QED) is 0.289. The van der Waals surface area contributed by atoms with Crippen LogP contribution >= 0.6 is 15.9 Å². The van der Waals surface area contributed by atoms with Gasteiger partial charge in [-0.2, -0.15) is 0 Å². The van der Waals surface area contributed by atoms with Crippen molar-refractivity contribution in [2.45, 2.75) is 49.7 Å². The topological polar surface area (TPSA) is 49.7 Å². The molecule has 0 aliphatic carbocycles. The molecule has 0 bridgehead atoms. The van der Waals surface area contributed by atoms with Gasteiger partial charge in [0.25, 0.3) is 10.0 Å². The summed E-state index contributed by atoms with van der Waals surface area (Å²) in [5.41, 5.74) is 1.03. The number of amidine groups is 1. The zero-order valence-corrected chi connectivity index (χ0v) is 24.2. The number of aliphatic imine (C=N–C) groups is 1. The summed E-state index contributed by atoms with van der Waals surface area (Å²) in [6, 6.07) is 29.3. The summed E-state index contributed by atoms with van der Waals surface area (Å²) in [7, 11) is -6.06. The van der Waals surface area contributed by atoms with Crippen LogP contribution in [0.4, 0.5) is 0 Å². The monoisotopic (exact) mass is 568 g/mol. The van der Waals surface area contributed by atoms with E-state index in [9.17, 15) is 8.42 Å². The molecule has 0 amide bonds. The Hall–Kier alpha value is -2.22. The molecule has 1 heterocycles. The Morgan fingerprint density at radius 1 is 0.914 bits per heavy atom. The van der Waals surface area contributed by atoms with Crippen molar-refractivity contribution in [3.63, 3.8) is 0 Å². The molecule has 0 saturated carbocycles. The Bertz CT molecular complexity index is 1250. The van der Waals surface area contributed by atoms with Crippen LogP contribution in [0.3, 0.4) is 0 Å². The summed E-state index contributed by atoms with van der Waals surface area (Å²) in [4.78, 5) is 5.31. The normalized spacial score (nSPS) is 16.9. The number of halogens is 1. The molecule has 4 rings (SSSR count). The van der Waals surface area contributed by atoms with Gasteiger partial charge in [-0.25, -0.2) is 8.42 Å². The van der Waals surface area contributed by atoms with Gasteiger partial charge in [-0.3, -0.25) is 9.30 Å².